The number of aromatic amines is 2. The largest absolute Gasteiger partial charge is 0.286 e. The lowest BCUT2D eigenvalue weighted by atomic mass is 9.91. The van der Waals surface area contributed by atoms with Gasteiger partial charge in [-0.05, 0) is 42.5 Å². The summed E-state index contributed by atoms with van der Waals surface area (Å²) < 4.78 is 0.544. The minimum atomic E-state index is 0.544. The van der Waals surface area contributed by atoms with Crippen molar-refractivity contribution in [1.29, 1.82) is 0 Å². The maximum absolute atomic E-state index is 4.99. The van der Waals surface area contributed by atoms with Gasteiger partial charge in [-0.2, -0.15) is 0 Å². The Labute approximate surface area is 105 Å². The molecule has 1 fully saturated rings. The maximum Gasteiger partial charge on any atom is 0.213 e. The summed E-state index contributed by atoms with van der Waals surface area (Å²) >= 11 is 4.99. The first-order chi connectivity index (χ1) is 8.33. The average molecular weight is 245 g/mol. The van der Waals surface area contributed by atoms with Crippen LogP contribution in [-0.2, 0) is 6.42 Å². The van der Waals surface area contributed by atoms with E-state index in [1.807, 2.05) is 0 Å². The standard InChI is InChI=1S/C13H15N3S/c17-13-14-12(15-16-13)8-11(10-6-7-10)9-4-2-1-3-5-9/h1-5,10-11H,6-8H2,(H2,14,15,16,17). The van der Waals surface area contributed by atoms with E-state index in [0.717, 1.165) is 18.2 Å². The van der Waals surface area contributed by atoms with Gasteiger partial charge in [0.15, 0.2) is 0 Å². The van der Waals surface area contributed by atoms with E-state index in [0.29, 0.717) is 10.7 Å². The SMILES string of the molecule is S=c1nc(CC(c2ccccc2)C2CC2)[nH][nH]1. The summed E-state index contributed by atoms with van der Waals surface area (Å²) in [5, 5.41) is 5.91. The molecule has 1 aromatic heterocycles. The fourth-order valence-electron chi connectivity index (χ4n) is 2.36. The van der Waals surface area contributed by atoms with Crippen LogP contribution in [0.1, 0.15) is 30.1 Å². The Balaban J connectivity index is 1.84. The zero-order chi connectivity index (χ0) is 11.7. The first-order valence-corrected chi connectivity index (χ1v) is 6.42. The Hall–Kier alpha value is -1.42. The fourth-order valence-corrected chi connectivity index (χ4v) is 2.53. The first kappa shape index (κ1) is 10.7. The van der Waals surface area contributed by atoms with E-state index < -0.39 is 0 Å². The molecule has 1 aromatic carbocycles. The average Bonchev–Trinajstić information content (AvgIpc) is 3.11. The third-order valence-electron chi connectivity index (χ3n) is 3.38. The number of nitrogens with one attached hydrogen (secondary N) is 2. The Kier molecular flexibility index (Phi) is 2.81. The summed E-state index contributed by atoms with van der Waals surface area (Å²) in [5.74, 6) is 2.36. The molecule has 88 valence electrons. The van der Waals surface area contributed by atoms with Gasteiger partial charge in [-0.3, -0.25) is 10.2 Å². The highest BCUT2D eigenvalue weighted by molar-refractivity contribution is 7.71. The number of nitrogens with zero attached hydrogens (tertiary/aromatic N) is 1. The fraction of sp³-hybridized carbons (Fsp3) is 0.385. The molecule has 0 aliphatic heterocycles. The zero-order valence-electron chi connectivity index (χ0n) is 9.52. The van der Waals surface area contributed by atoms with Crippen LogP contribution < -0.4 is 0 Å². The van der Waals surface area contributed by atoms with Crippen LogP contribution in [0.25, 0.3) is 0 Å². The summed E-state index contributed by atoms with van der Waals surface area (Å²) in [6, 6.07) is 10.7. The third kappa shape index (κ3) is 2.47. The molecule has 2 aromatic rings. The van der Waals surface area contributed by atoms with Crippen molar-refractivity contribution in [2.24, 2.45) is 5.92 Å². The smallest absolute Gasteiger partial charge is 0.213 e. The summed E-state index contributed by atoms with van der Waals surface area (Å²) in [5.41, 5.74) is 1.41. The zero-order valence-corrected chi connectivity index (χ0v) is 10.3. The van der Waals surface area contributed by atoms with E-state index >= 15 is 0 Å². The lowest BCUT2D eigenvalue weighted by Gasteiger charge is -2.14. The first-order valence-electron chi connectivity index (χ1n) is 6.01. The molecular formula is C13H15N3S. The van der Waals surface area contributed by atoms with Crippen LogP contribution in [0.15, 0.2) is 30.3 Å². The maximum atomic E-state index is 4.99. The van der Waals surface area contributed by atoms with Gasteiger partial charge in [-0.1, -0.05) is 30.3 Å². The summed E-state index contributed by atoms with van der Waals surface area (Å²) in [6.07, 6.45) is 3.62. The lowest BCUT2D eigenvalue weighted by molar-refractivity contribution is 0.585. The Bertz CT molecular complexity index is 539. The second-order valence-electron chi connectivity index (χ2n) is 4.67. The molecule has 1 unspecified atom stereocenters. The van der Waals surface area contributed by atoms with Crippen LogP contribution in [-0.4, -0.2) is 15.2 Å². The quantitative estimate of drug-likeness (QED) is 0.812. The number of hydrogen-bond donors (Lipinski definition) is 2. The molecule has 2 N–H and O–H groups in total. The lowest BCUT2D eigenvalue weighted by Crippen LogP contribution is -2.06. The van der Waals surface area contributed by atoms with Crippen molar-refractivity contribution < 1.29 is 0 Å². The van der Waals surface area contributed by atoms with Crippen LogP contribution in [0.4, 0.5) is 0 Å². The second-order valence-corrected chi connectivity index (χ2v) is 5.06. The van der Waals surface area contributed by atoms with Crippen molar-refractivity contribution in [1.82, 2.24) is 15.2 Å². The summed E-state index contributed by atoms with van der Waals surface area (Å²) in [6.45, 7) is 0. The topological polar surface area (TPSA) is 44.5 Å². The van der Waals surface area contributed by atoms with Crippen molar-refractivity contribution >= 4 is 12.2 Å². The minimum Gasteiger partial charge on any atom is -0.286 e. The van der Waals surface area contributed by atoms with Crippen LogP contribution in [0, 0.1) is 10.7 Å². The summed E-state index contributed by atoms with van der Waals surface area (Å²) in [7, 11) is 0. The predicted octanol–water partition coefficient (Wildman–Crippen LogP) is 3.20. The summed E-state index contributed by atoms with van der Waals surface area (Å²) in [4.78, 5) is 4.29. The van der Waals surface area contributed by atoms with E-state index in [1.54, 1.807) is 0 Å². The van der Waals surface area contributed by atoms with Gasteiger partial charge in [0.1, 0.15) is 5.82 Å². The van der Waals surface area contributed by atoms with Gasteiger partial charge in [0.2, 0.25) is 4.77 Å². The molecule has 0 saturated heterocycles. The highest BCUT2D eigenvalue weighted by Gasteiger charge is 2.32. The molecular weight excluding hydrogens is 230 g/mol. The van der Waals surface area contributed by atoms with Gasteiger partial charge in [0.25, 0.3) is 0 Å². The molecule has 0 spiro atoms. The van der Waals surface area contributed by atoms with E-state index in [2.05, 4.69) is 45.5 Å². The van der Waals surface area contributed by atoms with Crippen LogP contribution >= 0.6 is 12.2 Å². The predicted molar refractivity (Wildman–Crippen MR) is 69.4 cm³/mol. The number of H-pyrrole nitrogens is 2. The number of rotatable bonds is 4. The Morgan fingerprint density at radius 1 is 1.24 bits per heavy atom. The minimum absolute atomic E-state index is 0.544. The third-order valence-corrected chi connectivity index (χ3v) is 3.58. The molecule has 0 amide bonds. The van der Waals surface area contributed by atoms with Gasteiger partial charge in [0, 0.05) is 6.42 Å². The van der Waals surface area contributed by atoms with Crippen molar-refractivity contribution in [2.45, 2.75) is 25.2 Å². The molecule has 0 bridgehead atoms. The molecule has 1 aliphatic carbocycles. The van der Waals surface area contributed by atoms with Crippen molar-refractivity contribution in [3.63, 3.8) is 0 Å². The number of benzene rings is 1. The number of aromatic nitrogens is 3. The molecule has 0 radical (unpaired) electrons. The van der Waals surface area contributed by atoms with Crippen molar-refractivity contribution in [3.8, 4) is 0 Å². The number of hydrogen-bond acceptors (Lipinski definition) is 2. The normalized spacial score (nSPS) is 16.9. The highest BCUT2D eigenvalue weighted by atomic mass is 32.1. The van der Waals surface area contributed by atoms with E-state index in [1.165, 1.54) is 18.4 Å². The van der Waals surface area contributed by atoms with E-state index in [-0.39, 0.29) is 0 Å². The van der Waals surface area contributed by atoms with Crippen LogP contribution in [0.5, 0.6) is 0 Å². The molecule has 1 atom stereocenters. The monoisotopic (exact) mass is 245 g/mol. The van der Waals surface area contributed by atoms with Gasteiger partial charge < -0.3 is 0 Å². The highest BCUT2D eigenvalue weighted by Crippen LogP contribution is 2.43. The van der Waals surface area contributed by atoms with Gasteiger partial charge in [-0.25, -0.2) is 4.98 Å². The molecule has 4 heteroatoms. The van der Waals surface area contributed by atoms with Crippen LogP contribution in [0.3, 0.4) is 0 Å². The molecule has 1 aliphatic rings. The van der Waals surface area contributed by atoms with E-state index in [9.17, 15) is 0 Å². The van der Waals surface area contributed by atoms with E-state index in [4.69, 9.17) is 12.2 Å². The molecule has 3 nitrogen and oxygen atoms in total. The van der Waals surface area contributed by atoms with Crippen molar-refractivity contribution in [2.75, 3.05) is 0 Å². The van der Waals surface area contributed by atoms with Gasteiger partial charge in [0.05, 0.1) is 0 Å². The second kappa shape index (κ2) is 4.45. The molecule has 1 saturated carbocycles. The van der Waals surface area contributed by atoms with Gasteiger partial charge in [-0.15, -0.1) is 0 Å². The van der Waals surface area contributed by atoms with Crippen molar-refractivity contribution in [3.05, 3.63) is 46.5 Å². The Morgan fingerprint density at radius 3 is 2.59 bits per heavy atom. The van der Waals surface area contributed by atoms with Crippen LogP contribution in [0.2, 0.25) is 0 Å². The molecule has 3 rings (SSSR count). The van der Waals surface area contributed by atoms with Gasteiger partial charge >= 0.3 is 0 Å². The molecule has 17 heavy (non-hydrogen) atoms. The Morgan fingerprint density at radius 2 is 2.00 bits per heavy atom. The molecule has 1 heterocycles.